The van der Waals surface area contributed by atoms with E-state index in [1.807, 2.05) is 18.9 Å². The van der Waals surface area contributed by atoms with Gasteiger partial charge in [0.05, 0.1) is 10.4 Å². The average Bonchev–Trinajstić information content (AvgIpc) is 2.34. The van der Waals surface area contributed by atoms with E-state index < -0.39 is 0 Å². The molecule has 3 nitrogen and oxygen atoms in total. The van der Waals surface area contributed by atoms with E-state index in [4.69, 9.17) is 18.0 Å². The molecular weight excluding hydrogens is 280 g/mol. The molecule has 4 rings (SSSR count). The molecule has 1 amide bonds. The Morgan fingerprint density at radius 3 is 2.38 bits per heavy atom. The van der Waals surface area contributed by atoms with Crippen LogP contribution in [0.15, 0.2) is 0 Å². The van der Waals surface area contributed by atoms with Crippen LogP contribution in [0.5, 0.6) is 0 Å². The number of carbonyl (C=O) groups is 1. The van der Waals surface area contributed by atoms with Crippen LogP contribution in [0.3, 0.4) is 0 Å². The lowest BCUT2D eigenvalue weighted by Gasteiger charge is -2.61. The number of nitrogens with two attached hydrogens (primary N) is 1. The molecule has 4 aliphatic rings. The fraction of sp³-hybridized carbons (Fsp3) is 0.882. The Labute approximate surface area is 133 Å². The number of rotatable bonds is 4. The third-order valence-electron chi connectivity index (χ3n) is 6.19. The van der Waals surface area contributed by atoms with Crippen molar-refractivity contribution in [1.29, 1.82) is 0 Å². The normalized spacial score (nSPS) is 41.9. The summed E-state index contributed by atoms with van der Waals surface area (Å²) in [5.74, 6) is 2.01. The number of thiocarbonyl (C=S) groups is 1. The van der Waals surface area contributed by atoms with Crippen LogP contribution >= 0.6 is 12.2 Å². The van der Waals surface area contributed by atoms with Gasteiger partial charge in [-0.05, 0) is 55.8 Å². The zero-order valence-electron chi connectivity index (χ0n) is 13.5. The first-order valence-electron chi connectivity index (χ1n) is 8.28. The first kappa shape index (κ1) is 15.3. The highest BCUT2D eigenvalue weighted by Gasteiger charge is 2.59. The monoisotopic (exact) mass is 308 g/mol. The molecule has 0 heterocycles. The first-order chi connectivity index (χ1) is 9.73. The maximum absolute atomic E-state index is 13.1. The molecule has 0 aromatic rings. The SMILES string of the molecule is CC(CN(C)C(=O)C12CC3CC(CC(C)(C3)C1)C2)C(N)=S. The Kier molecular flexibility index (Phi) is 3.59. The van der Waals surface area contributed by atoms with Gasteiger partial charge in [-0.3, -0.25) is 4.79 Å². The van der Waals surface area contributed by atoms with Gasteiger partial charge in [-0.1, -0.05) is 26.1 Å². The Morgan fingerprint density at radius 1 is 1.33 bits per heavy atom. The van der Waals surface area contributed by atoms with Crippen LogP contribution in [0, 0.1) is 28.6 Å². The van der Waals surface area contributed by atoms with E-state index in [1.54, 1.807) is 0 Å². The van der Waals surface area contributed by atoms with Crippen LogP contribution in [0.25, 0.3) is 0 Å². The van der Waals surface area contributed by atoms with Crippen molar-refractivity contribution in [2.45, 2.75) is 52.4 Å². The number of hydrogen-bond acceptors (Lipinski definition) is 2. The van der Waals surface area contributed by atoms with E-state index in [2.05, 4.69) is 6.92 Å². The predicted molar refractivity (Wildman–Crippen MR) is 88.8 cm³/mol. The van der Waals surface area contributed by atoms with E-state index in [1.165, 1.54) is 19.3 Å². The van der Waals surface area contributed by atoms with Gasteiger partial charge in [0.2, 0.25) is 5.91 Å². The second kappa shape index (κ2) is 4.94. The van der Waals surface area contributed by atoms with Crippen molar-refractivity contribution in [3.05, 3.63) is 0 Å². The second-order valence-electron chi connectivity index (χ2n) is 8.54. The maximum Gasteiger partial charge on any atom is 0.228 e. The zero-order valence-corrected chi connectivity index (χ0v) is 14.3. The molecule has 0 aliphatic heterocycles. The summed E-state index contributed by atoms with van der Waals surface area (Å²) >= 11 is 5.05. The first-order valence-corrected chi connectivity index (χ1v) is 8.69. The third-order valence-corrected chi connectivity index (χ3v) is 6.59. The van der Waals surface area contributed by atoms with Gasteiger partial charge in [0, 0.05) is 19.5 Å². The van der Waals surface area contributed by atoms with Crippen molar-refractivity contribution in [2.24, 2.45) is 34.3 Å². The summed E-state index contributed by atoms with van der Waals surface area (Å²) < 4.78 is 0. The molecular formula is C17H28N2OS. The molecule has 4 saturated carbocycles. The van der Waals surface area contributed by atoms with Crippen molar-refractivity contribution >= 4 is 23.1 Å². The molecule has 0 spiro atoms. The summed E-state index contributed by atoms with van der Waals surface area (Å²) in [7, 11) is 1.93. The van der Waals surface area contributed by atoms with Gasteiger partial charge in [0.25, 0.3) is 0 Å². The smallest absolute Gasteiger partial charge is 0.228 e. The minimum Gasteiger partial charge on any atom is -0.393 e. The highest BCUT2D eigenvalue weighted by molar-refractivity contribution is 7.80. The highest BCUT2D eigenvalue weighted by atomic mass is 32.1. The standard InChI is InChI=1S/C17H28N2OS/c1-11(14(18)21)9-19(3)15(20)17-7-12-4-13(8-17)6-16(2,5-12)10-17/h11-13H,4-10H2,1-3H3,(H2,18,21). The van der Waals surface area contributed by atoms with Crippen molar-refractivity contribution in [3.8, 4) is 0 Å². The number of nitrogens with zero attached hydrogens (tertiary/aromatic N) is 1. The molecule has 0 radical (unpaired) electrons. The van der Waals surface area contributed by atoms with Crippen LogP contribution in [0.2, 0.25) is 0 Å². The molecule has 3 unspecified atom stereocenters. The lowest BCUT2D eigenvalue weighted by molar-refractivity contribution is -0.165. The molecule has 2 N–H and O–H groups in total. The molecule has 4 heteroatoms. The van der Waals surface area contributed by atoms with Crippen molar-refractivity contribution in [2.75, 3.05) is 13.6 Å². The van der Waals surface area contributed by atoms with Gasteiger partial charge in [0.1, 0.15) is 0 Å². The largest absolute Gasteiger partial charge is 0.393 e. The molecule has 4 aliphatic carbocycles. The topological polar surface area (TPSA) is 46.3 Å². The molecule has 0 aromatic carbocycles. The molecule has 0 saturated heterocycles. The van der Waals surface area contributed by atoms with Crippen molar-refractivity contribution < 1.29 is 4.79 Å². The number of carbonyl (C=O) groups excluding carboxylic acids is 1. The molecule has 4 fully saturated rings. The van der Waals surface area contributed by atoms with Crippen molar-refractivity contribution in [1.82, 2.24) is 4.90 Å². The maximum atomic E-state index is 13.1. The quantitative estimate of drug-likeness (QED) is 0.812. The fourth-order valence-corrected chi connectivity index (χ4v) is 6.03. The number of hydrogen-bond donors (Lipinski definition) is 1. The molecule has 21 heavy (non-hydrogen) atoms. The summed E-state index contributed by atoms with van der Waals surface area (Å²) in [6.45, 7) is 5.07. The Hall–Kier alpha value is -0.640. The molecule has 4 bridgehead atoms. The van der Waals surface area contributed by atoms with Crippen LogP contribution in [-0.2, 0) is 4.79 Å². The minimum absolute atomic E-state index is 0.0798. The van der Waals surface area contributed by atoms with Gasteiger partial charge in [-0.2, -0.15) is 0 Å². The van der Waals surface area contributed by atoms with Crippen LogP contribution in [0.4, 0.5) is 0 Å². The van der Waals surface area contributed by atoms with E-state index in [-0.39, 0.29) is 11.3 Å². The summed E-state index contributed by atoms with van der Waals surface area (Å²) in [6.07, 6.45) is 7.36. The van der Waals surface area contributed by atoms with E-state index in [0.717, 1.165) is 31.1 Å². The number of amides is 1. The molecule has 0 aromatic heterocycles. The molecule has 118 valence electrons. The van der Waals surface area contributed by atoms with E-state index in [0.29, 0.717) is 22.9 Å². The van der Waals surface area contributed by atoms with Gasteiger partial charge in [0.15, 0.2) is 0 Å². The summed E-state index contributed by atoms with van der Waals surface area (Å²) in [5, 5.41) is 0. The fourth-order valence-electron chi connectivity index (χ4n) is 5.96. The summed E-state index contributed by atoms with van der Waals surface area (Å²) in [6, 6.07) is 0. The summed E-state index contributed by atoms with van der Waals surface area (Å²) in [5.41, 5.74) is 6.04. The lowest BCUT2D eigenvalue weighted by Crippen LogP contribution is -2.57. The lowest BCUT2D eigenvalue weighted by atomic mass is 9.44. The summed E-state index contributed by atoms with van der Waals surface area (Å²) in [4.78, 5) is 15.5. The highest BCUT2D eigenvalue weighted by Crippen LogP contribution is 2.65. The Balaban J connectivity index is 1.76. The van der Waals surface area contributed by atoms with Crippen LogP contribution in [-0.4, -0.2) is 29.4 Å². The average molecular weight is 308 g/mol. The minimum atomic E-state index is -0.0798. The van der Waals surface area contributed by atoms with Crippen molar-refractivity contribution in [3.63, 3.8) is 0 Å². The zero-order chi connectivity index (χ0) is 15.4. The Bertz CT molecular complexity index is 461. The Morgan fingerprint density at radius 2 is 1.90 bits per heavy atom. The van der Waals surface area contributed by atoms with Gasteiger partial charge in [-0.15, -0.1) is 0 Å². The van der Waals surface area contributed by atoms with Gasteiger partial charge in [-0.25, -0.2) is 0 Å². The third kappa shape index (κ3) is 2.60. The second-order valence-corrected chi connectivity index (χ2v) is 9.01. The van der Waals surface area contributed by atoms with Gasteiger partial charge < -0.3 is 10.6 Å². The van der Waals surface area contributed by atoms with Crippen LogP contribution in [0.1, 0.15) is 52.4 Å². The predicted octanol–water partition coefficient (Wildman–Crippen LogP) is 2.97. The van der Waals surface area contributed by atoms with E-state index in [9.17, 15) is 4.79 Å². The van der Waals surface area contributed by atoms with E-state index >= 15 is 0 Å². The molecule has 3 atom stereocenters. The van der Waals surface area contributed by atoms with Crippen LogP contribution < -0.4 is 5.73 Å². The van der Waals surface area contributed by atoms with Gasteiger partial charge >= 0.3 is 0 Å².